The average Bonchev–Trinajstić information content (AvgIpc) is 2.05. The lowest BCUT2D eigenvalue weighted by Crippen LogP contribution is -1.81. The van der Waals surface area contributed by atoms with E-state index in [1.165, 1.54) is 4.90 Å². The first kappa shape index (κ1) is 7.35. The van der Waals surface area contributed by atoms with Gasteiger partial charge in [0.25, 0.3) is 0 Å². The molecule has 0 saturated heterocycles. The van der Waals surface area contributed by atoms with Gasteiger partial charge < -0.3 is 10.1 Å². The molecule has 0 spiro atoms. The van der Waals surface area contributed by atoms with Crippen molar-refractivity contribution in [3.8, 4) is 0 Å². The molecule has 1 aromatic rings. The molecule has 0 N–H and O–H groups in total. The van der Waals surface area contributed by atoms with Crippen molar-refractivity contribution >= 4 is 21.3 Å². The zero-order valence-corrected chi connectivity index (χ0v) is 6.77. The Labute approximate surface area is 63.2 Å². The van der Waals surface area contributed by atoms with Crippen molar-refractivity contribution in [3.63, 3.8) is 0 Å². The van der Waals surface area contributed by atoms with E-state index in [1.807, 2.05) is 19.1 Å². The van der Waals surface area contributed by atoms with Crippen molar-refractivity contribution in [3.05, 3.63) is 24.5 Å². The Balaban J connectivity index is 3.08. The molecule has 1 aromatic heterocycles. The van der Waals surface area contributed by atoms with E-state index in [9.17, 15) is 0 Å². The molecule has 0 aliphatic heterocycles. The van der Waals surface area contributed by atoms with Gasteiger partial charge in [0.15, 0.2) is 0 Å². The van der Waals surface area contributed by atoms with E-state index in [4.69, 9.17) is 0 Å². The highest BCUT2D eigenvalue weighted by atomic mass is 32.2. The van der Waals surface area contributed by atoms with E-state index in [0.29, 0.717) is 0 Å². The highest BCUT2D eigenvalue weighted by Gasteiger charge is 1.71. The van der Waals surface area contributed by atoms with Crippen molar-refractivity contribution in [1.82, 2.24) is 4.98 Å². The molecule has 0 amide bonds. The summed E-state index contributed by atoms with van der Waals surface area (Å²) in [5.74, 6) is 3.97. The van der Waals surface area contributed by atoms with Crippen LogP contribution in [0.5, 0.6) is 0 Å². The lowest BCUT2D eigenvalue weighted by Gasteiger charge is -2.06. The van der Waals surface area contributed by atoms with E-state index < -0.39 is 0 Å². The van der Waals surface area contributed by atoms with Crippen LogP contribution in [0, 0.1) is 0 Å². The van der Waals surface area contributed by atoms with Crippen molar-refractivity contribution in [2.24, 2.45) is 0 Å². The third-order valence-corrected chi connectivity index (χ3v) is 2.68. The van der Waals surface area contributed by atoms with Gasteiger partial charge in [-0.15, -0.1) is 4.90 Å². The quantitative estimate of drug-likeness (QED) is 0.437. The van der Waals surface area contributed by atoms with E-state index in [-0.39, 0.29) is 10.1 Å². The summed E-state index contributed by atoms with van der Waals surface area (Å²) >= 11 is 0. The number of rotatable bonds is 1. The number of hydrogen-bond acceptors (Lipinski definition) is 2. The zero-order valence-electron chi connectivity index (χ0n) is 5.95. The Morgan fingerprint density at radius 3 is 2.60 bits per heavy atom. The molecule has 0 atom stereocenters. The fraction of sp³-hybridized carbons (Fsp3) is 0.125. The van der Waals surface area contributed by atoms with Crippen molar-refractivity contribution in [2.45, 2.75) is 11.8 Å². The third-order valence-electron chi connectivity index (χ3n) is 1.24. The van der Waals surface area contributed by atoms with Crippen LogP contribution in [-0.2, 0) is 10.1 Å². The maximum atomic E-state index is 3.97. The smallest absolute Gasteiger partial charge is 0.0251 e. The molecule has 0 fully saturated rings. The van der Waals surface area contributed by atoms with Crippen LogP contribution in [0.3, 0.4) is 0 Å². The van der Waals surface area contributed by atoms with Gasteiger partial charge in [0, 0.05) is 12.4 Å². The largest absolute Gasteiger partial charge is 0.454 e. The monoisotopic (exact) mass is 152 g/mol. The minimum atomic E-state index is 0.0446. The molecule has 10 heavy (non-hydrogen) atoms. The molecule has 54 valence electrons. The van der Waals surface area contributed by atoms with Crippen molar-refractivity contribution in [2.75, 3.05) is 0 Å². The van der Waals surface area contributed by atoms with E-state index in [1.54, 1.807) is 12.4 Å². The normalized spacial score (nSPS) is 13.3. The topological polar surface area (TPSA) is 12.9 Å². The van der Waals surface area contributed by atoms with Gasteiger partial charge in [0.2, 0.25) is 0 Å². The number of aromatic nitrogens is 1. The highest BCUT2D eigenvalue weighted by Crippen LogP contribution is 1.96. The van der Waals surface area contributed by atoms with Crippen molar-refractivity contribution in [1.29, 1.82) is 0 Å². The maximum absolute atomic E-state index is 3.97. The van der Waals surface area contributed by atoms with Gasteiger partial charge in [-0.2, -0.15) is 0 Å². The molecule has 0 unspecified atom stereocenters. The van der Waals surface area contributed by atoms with Crippen molar-refractivity contribution < 1.29 is 0 Å². The van der Waals surface area contributed by atoms with Gasteiger partial charge in [-0.3, -0.25) is 4.98 Å². The summed E-state index contributed by atoms with van der Waals surface area (Å²) in [5, 5.41) is 2.09. The molecular weight excluding hydrogens is 142 g/mol. The summed E-state index contributed by atoms with van der Waals surface area (Å²) in [6.07, 6.45) is 3.59. The minimum absolute atomic E-state index is 0.0446. The Kier molecular flexibility index (Phi) is 2.51. The Morgan fingerprint density at radius 2 is 2.10 bits per heavy atom. The van der Waals surface area contributed by atoms with Gasteiger partial charge in [-0.1, -0.05) is 19.1 Å². The molecular formula is C8H10NS-. The lowest BCUT2D eigenvalue weighted by molar-refractivity contribution is 1.27. The first-order valence-electron chi connectivity index (χ1n) is 3.07. The first-order chi connectivity index (χ1) is 4.84. The molecule has 0 saturated carbocycles. The highest BCUT2D eigenvalue weighted by molar-refractivity contribution is 7.92. The SMILES string of the molecule is C=[S-](=CC)c1ccncc1. The fourth-order valence-electron chi connectivity index (χ4n) is 0.649. The Morgan fingerprint density at radius 1 is 1.50 bits per heavy atom. The predicted octanol–water partition coefficient (Wildman–Crippen LogP) is 1.31. The predicted molar refractivity (Wildman–Crippen MR) is 48.7 cm³/mol. The minimum Gasteiger partial charge on any atom is -0.454 e. The molecule has 0 aliphatic rings. The van der Waals surface area contributed by atoms with E-state index >= 15 is 0 Å². The van der Waals surface area contributed by atoms with Gasteiger partial charge in [-0.25, -0.2) is 11.2 Å². The van der Waals surface area contributed by atoms with Crippen LogP contribution in [0.1, 0.15) is 6.92 Å². The summed E-state index contributed by atoms with van der Waals surface area (Å²) in [7, 11) is 0.0446. The third kappa shape index (κ3) is 1.61. The summed E-state index contributed by atoms with van der Waals surface area (Å²) < 4.78 is 0. The van der Waals surface area contributed by atoms with Gasteiger partial charge in [0.1, 0.15) is 0 Å². The van der Waals surface area contributed by atoms with Crippen LogP contribution in [0.15, 0.2) is 29.4 Å². The number of pyridine rings is 1. The second-order valence-corrected chi connectivity index (χ2v) is 3.65. The Hall–Kier alpha value is -0.760. The van der Waals surface area contributed by atoms with Gasteiger partial charge in [-0.05, 0) is 0 Å². The molecule has 0 aliphatic carbocycles. The molecule has 0 radical (unpaired) electrons. The standard InChI is InChI=1S/C8H10NS/c1-3-10(2)8-4-6-9-7-5-8/h3-7H,2H2,1H3/q-1. The molecule has 2 heteroatoms. The van der Waals surface area contributed by atoms with Crippen LogP contribution < -0.4 is 0 Å². The summed E-state index contributed by atoms with van der Waals surface area (Å²) in [4.78, 5) is 5.17. The summed E-state index contributed by atoms with van der Waals surface area (Å²) in [5.41, 5.74) is 0. The molecule has 1 heterocycles. The fourth-order valence-corrected chi connectivity index (χ4v) is 1.39. The van der Waals surface area contributed by atoms with Gasteiger partial charge in [0.05, 0.1) is 0 Å². The van der Waals surface area contributed by atoms with Crippen LogP contribution in [0.2, 0.25) is 0 Å². The van der Waals surface area contributed by atoms with Crippen LogP contribution in [-0.4, -0.2) is 16.2 Å². The first-order valence-corrected chi connectivity index (χ1v) is 4.52. The molecule has 0 bridgehead atoms. The Bertz CT molecular complexity index is 271. The molecule has 0 aromatic carbocycles. The van der Waals surface area contributed by atoms with Crippen LogP contribution in [0.25, 0.3) is 0 Å². The van der Waals surface area contributed by atoms with Gasteiger partial charge >= 0.3 is 0 Å². The van der Waals surface area contributed by atoms with E-state index in [0.717, 1.165) is 0 Å². The zero-order chi connectivity index (χ0) is 7.40. The average molecular weight is 152 g/mol. The van der Waals surface area contributed by atoms with Crippen LogP contribution in [0.4, 0.5) is 0 Å². The maximum Gasteiger partial charge on any atom is 0.0251 e. The van der Waals surface area contributed by atoms with Crippen LogP contribution >= 0.6 is 0 Å². The number of nitrogens with zero attached hydrogens (tertiary/aromatic N) is 1. The molecule has 1 rings (SSSR count). The molecule has 1 nitrogen and oxygen atoms in total. The second kappa shape index (κ2) is 3.42. The summed E-state index contributed by atoms with van der Waals surface area (Å²) in [6, 6.07) is 3.99. The number of hydrogen-bond donors (Lipinski definition) is 0. The summed E-state index contributed by atoms with van der Waals surface area (Å²) in [6.45, 7) is 2.02. The lowest BCUT2D eigenvalue weighted by atomic mass is 10.5. The second-order valence-electron chi connectivity index (χ2n) is 1.85. The van der Waals surface area contributed by atoms with E-state index in [2.05, 4.69) is 16.2 Å².